The number of benzene rings is 1. The van der Waals surface area contributed by atoms with Gasteiger partial charge in [-0.3, -0.25) is 0 Å². The Kier molecular flexibility index (Phi) is 2.79. The third kappa shape index (κ3) is 2.13. The highest BCUT2D eigenvalue weighted by Gasteiger charge is 2.19. The Hall–Kier alpha value is -1.21. The van der Waals surface area contributed by atoms with E-state index >= 15 is 0 Å². The lowest BCUT2D eigenvalue weighted by Gasteiger charge is -2.05. The van der Waals surface area contributed by atoms with Gasteiger partial charge < -0.3 is 14.7 Å². The summed E-state index contributed by atoms with van der Waals surface area (Å²) < 4.78 is 41.4. The molecule has 0 amide bonds. The van der Waals surface area contributed by atoms with Crippen molar-refractivity contribution in [2.45, 2.75) is 0 Å². The molecule has 0 bridgehead atoms. The molecule has 0 saturated heterocycles. The molecule has 1 rings (SSSR count). The van der Waals surface area contributed by atoms with Crippen molar-refractivity contribution in [3.63, 3.8) is 0 Å². The van der Waals surface area contributed by atoms with Crippen LogP contribution in [0.5, 0.6) is 5.75 Å². The second-order valence-corrected chi connectivity index (χ2v) is 2.12. The normalized spacial score (nSPS) is 9.92. The quantitative estimate of drug-likeness (QED) is 0.528. The Bertz CT molecular complexity index is 318. The lowest BCUT2D eigenvalue weighted by atomic mass is 10.2. The van der Waals surface area contributed by atoms with Crippen molar-refractivity contribution in [2.75, 3.05) is 0 Å². The molecule has 7 heteroatoms. The zero-order valence-corrected chi connectivity index (χ0v) is 6.17. The van der Waals surface area contributed by atoms with E-state index in [-0.39, 0.29) is 0 Å². The first-order valence-electron chi connectivity index (χ1n) is 3.18. The lowest BCUT2D eigenvalue weighted by molar-refractivity contribution is 0.278. The molecule has 2 N–H and O–H groups in total. The Balaban J connectivity index is 3.04. The summed E-state index contributed by atoms with van der Waals surface area (Å²) in [4.78, 5) is 0. The molecule has 0 fully saturated rings. The Morgan fingerprint density at radius 1 is 1.08 bits per heavy atom. The molecule has 0 aliphatic rings. The van der Waals surface area contributed by atoms with Crippen molar-refractivity contribution < 1.29 is 27.9 Å². The fourth-order valence-corrected chi connectivity index (χ4v) is 0.713. The molecule has 0 atom stereocenters. The summed E-state index contributed by atoms with van der Waals surface area (Å²) >= 11 is 0. The van der Waals surface area contributed by atoms with Gasteiger partial charge in [-0.15, -0.1) is 0 Å². The van der Waals surface area contributed by atoms with Crippen LogP contribution in [0.3, 0.4) is 0 Å². The highest BCUT2D eigenvalue weighted by atomic mass is 19.2. The minimum Gasteiger partial charge on any atom is -0.509 e. The topological polar surface area (TPSA) is 49.7 Å². The van der Waals surface area contributed by atoms with Crippen LogP contribution in [0.4, 0.5) is 13.2 Å². The van der Waals surface area contributed by atoms with E-state index in [0.29, 0.717) is 6.07 Å². The number of rotatable bonds is 2. The summed E-state index contributed by atoms with van der Waals surface area (Å²) in [7, 11) is -2.28. The smallest absolute Gasteiger partial charge is 0.509 e. The summed E-state index contributed by atoms with van der Waals surface area (Å²) in [6.45, 7) is 0. The van der Waals surface area contributed by atoms with Crippen molar-refractivity contribution >= 4 is 7.32 Å². The summed E-state index contributed by atoms with van der Waals surface area (Å²) in [5, 5.41) is 16.5. The van der Waals surface area contributed by atoms with E-state index in [1.165, 1.54) is 0 Å². The monoisotopic (exact) mass is 192 g/mol. The van der Waals surface area contributed by atoms with Crippen LogP contribution < -0.4 is 4.65 Å². The van der Waals surface area contributed by atoms with Gasteiger partial charge in [-0.05, 0) is 12.1 Å². The molecule has 0 aromatic heterocycles. The van der Waals surface area contributed by atoms with Crippen LogP contribution in [-0.4, -0.2) is 17.4 Å². The van der Waals surface area contributed by atoms with Crippen molar-refractivity contribution in [3.8, 4) is 5.75 Å². The molecule has 0 aliphatic carbocycles. The molecule has 1 aromatic rings. The van der Waals surface area contributed by atoms with Crippen LogP contribution in [0.25, 0.3) is 0 Å². The van der Waals surface area contributed by atoms with Crippen LogP contribution >= 0.6 is 0 Å². The van der Waals surface area contributed by atoms with Gasteiger partial charge in [0.2, 0.25) is 5.82 Å². The van der Waals surface area contributed by atoms with E-state index in [1.54, 1.807) is 0 Å². The fourth-order valence-electron chi connectivity index (χ4n) is 0.713. The summed E-state index contributed by atoms with van der Waals surface area (Å²) in [6, 6.07) is 1.35. The second-order valence-electron chi connectivity index (χ2n) is 2.12. The van der Waals surface area contributed by atoms with E-state index < -0.39 is 30.5 Å². The van der Waals surface area contributed by atoms with E-state index in [4.69, 9.17) is 10.0 Å². The third-order valence-electron chi connectivity index (χ3n) is 1.23. The Morgan fingerprint density at radius 2 is 1.69 bits per heavy atom. The molecule has 0 spiro atoms. The average Bonchev–Trinajstić information content (AvgIpc) is 2.06. The van der Waals surface area contributed by atoms with Gasteiger partial charge in [0.25, 0.3) is 0 Å². The largest absolute Gasteiger partial charge is 0.707 e. The van der Waals surface area contributed by atoms with Crippen molar-refractivity contribution in [1.82, 2.24) is 0 Å². The van der Waals surface area contributed by atoms with Gasteiger partial charge in [0, 0.05) is 0 Å². The molecule has 0 heterocycles. The molecule has 3 nitrogen and oxygen atoms in total. The van der Waals surface area contributed by atoms with Gasteiger partial charge >= 0.3 is 7.32 Å². The first-order chi connectivity index (χ1) is 6.02. The van der Waals surface area contributed by atoms with Gasteiger partial charge in [-0.2, -0.15) is 4.39 Å². The first-order valence-corrected chi connectivity index (χ1v) is 3.18. The molecule has 0 radical (unpaired) electrons. The fraction of sp³-hybridized carbons (Fsp3) is 0. The van der Waals surface area contributed by atoms with Crippen molar-refractivity contribution in [1.29, 1.82) is 0 Å². The highest BCUT2D eigenvalue weighted by molar-refractivity contribution is 6.33. The molecule has 1 aromatic carbocycles. The summed E-state index contributed by atoms with van der Waals surface area (Å²) in [6.07, 6.45) is 0. The van der Waals surface area contributed by atoms with Crippen LogP contribution in [0, 0.1) is 17.5 Å². The van der Waals surface area contributed by atoms with E-state index in [9.17, 15) is 13.2 Å². The SMILES string of the molecule is OB(O)Oc1ccc(F)c(F)c1F. The van der Waals surface area contributed by atoms with Crippen molar-refractivity contribution in [3.05, 3.63) is 29.6 Å². The number of halogens is 3. The zero-order chi connectivity index (χ0) is 10.0. The molecular weight excluding hydrogens is 188 g/mol. The predicted molar refractivity (Wildman–Crippen MR) is 37.1 cm³/mol. The van der Waals surface area contributed by atoms with E-state index in [0.717, 1.165) is 6.07 Å². The van der Waals surface area contributed by atoms with Gasteiger partial charge in [0.1, 0.15) is 5.75 Å². The molecule has 70 valence electrons. The van der Waals surface area contributed by atoms with E-state index in [2.05, 4.69) is 4.65 Å². The van der Waals surface area contributed by atoms with E-state index in [1.807, 2.05) is 0 Å². The number of hydrogen-bond acceptors (Lipinski definition) is 3. The standard InChI is InChI=1S/C6H4BF3O3/c8-3-1-2-4(13-7(11)12)6(10)5(3)9/h1-2,11-12H. The third-order valence-corrected chi connectivity index (χ3v) is 1.23. The Labute approximate surface area is 71.6 Å². The molecule has 13 heavy (non-hydrogen) atoms. The predicted octanol–water partition coefficient (Wildman–Crippen LogP) is 0.452. The molecule has 0 aliphatic heterocycles. The maximum absolute atomic E-state index is 12.7. The second kappa shape index (κ2) is 3.67. The van der Waals surface area contributed by atoms with Crippen LogP contribution in [0.2, 0.25) is 0 Å². The minimum atomic E-state index is -2.28. The van der Waals surface area contributed by atoms with Crippen LogP contribution in [-0.2, 0) is 0 Å². The molecule has 0 saturated carbocycles. The Morgan fingerprint density at radius 3 is 2.23 bits per heavy atom. The molecule has 0 unspecified atom stereocenters. The lowest BCUT2D eigenvalue weighted by Crippen LogP contribution is -2.21. The summed E-state index contributed by atoms with van der Waals surface area (Å²) in [5.41, 5.74) is 0. The average molecular weight is 192 g/mol. The first kappa shape index (κ1) is 9.88. The van der Waals surface area contributed by atoms with Crippen LogP contribution in [0.15, 0.2) is 12.1 Å². The minimum absolute atomic E-state index is 0.607. The van der Waals surface area contributed by atoms with Gasteiger partial charge in [-0.1, -0.05) is 0 Å². The van der Waals surface area contributed by atoms with Gasteiger partial charge in [0.05, 0.1) is 0 Å². The van der Waals surface area contributed by atoms with Crippen LogP contribution in [0.1, 0.15) is 0 Å². The van der Waals surface area contributed by atoms with Gasteiger partial charge in [0.15, 0.2) is 11.6 Å². The molecular formula is C6H4BF3O3. The number of hydrogen-bond donors (Lipinski definition) is 2. The maximum Gasteiger partial charge on any atom is 0.707 e. The van der Waals surface area contributed by atoms with Gasteiger partial charge in [-0.25, -0.2) is 8.78 Å². The maximum atomic E-state index is 12.7. The zero-order valence-electron chi connectivity index (χ0n) is 6.17. The summed E-state index contributed by atoms with van der Waals surface area (Å²) in [5.74, 6) is -5.47. The highest BCUT2D eigenvalue weighted by Crippen LogP contribution is 2.21. The van der Waals surface area contributed by atoms with Crippen molar-refractivity contribution in [2.24, 2.45) is 0 Å².